The van der Waals surface area contributed by atoms with Gasteiger partial charge < -0.3 is 15.0 Å². The molecular weight excluding hydrogens is 607 g/mol. The fourth-order valence-corrected chi connectivity index (χ4v) is 4.09. The van der Waals surface area contributed by atoms with Gasteiger partial charge in [0, 0.05) is 27.6 Å². The summed E-state index contributed by atoms with van der Waals surface area (Å²) in [6, 6.07) is 24.4. The number of halogens is 2. The van der Waals surface area contributed by atoms with E-state index in [4.69, 9.17) is 4.74 Å². The summed E-state index contributed by atoms with van der Waals surface area (Å²) in [5.74, 6) is 0.215. The summed E-state index contributed by atoms with van der Waals surface area (Å²) in [6.45, 7) is 2.72. The third-order valence-corrected chi connectivity index (χ3v) is 6.51. The second kappa shape index (κ2) is 13.5. The van der Waals surface area contributed by atoms with Gasteiger partial charge >= 0.3 is 0 Å². The Morgan fingerprint density at radius 3 is 2.29 bits per heavy atom. The van der Waals surface area contributed by atoms with Gasteiger partial charge in [-0.05, 0) is 76.5 Å². The van der Waals surface area contributed by atoms with E-state index in [9.17, 15) is 9.59 Å². The lowest BCUT2D eigenvalue weighted by atomic mass is 10.0. The van der Waals surface area contributed by atoms with Crippen LogP contribution in [-0.4, -0.2) is 35.9 Å². The molecule has 2 amide bonds. The SMILES string of the molecule is CCCNC(=O)C(Cc1ccccc1)N(Cc1ccc(Br)cc1)C(=O)COc1ccc(I)cc1. The van der Waals surface area contributed by atoms with E-state index in [1.165, 1.54) is 0 Å². The largest absolute Gasteiger partial charge is 0.484 e. The van der Waals surface area contributed by atoms with Crippen molar-refractivity contribution in [1.29, 1.82) is 0 Å². The number of nitrogens with zero attached hydrogens (tertiary/aromatic N) is 1. The first-order valence-corrected chi connectivity index (χ1v) is 13.1. The fraction of sp³-hybridized carbons (Fsp3) is 0.259. The van der Waals surface area contributed by atoms with Crippen molar-refractivity contribution in [3.05, 3.63) is 98.0 Å². The van der Waals surface area contributed by atoms with Crippen molar-refractivity contribution in [2.24, 2.45) is 0 Å². The molecular formula is C27H28BrIN2O3. The number of carbonyl (C=O) groups excluding carboxylic acids is 2. The molecule has 0 heterocycles. The van der Waals surface area contributed by atoms with Crippen LogP contribution in [0, 0.1) is 3.57 Å². The molecule has 0 aliphatic heterocycles. The van der Waals surface area contributed by atoms with Gasteiger partial charge in [-0.15, -0.1) is 0 Å². The van der Waals surface area contributed by atoms with Crippen molar-refractivity contribution in [1.82, 2.24) is 10.2 Å². The standard InChI is InChI=1S/C27H28BrIN2O3/c1-2-16-30-27(33)25(17-20-6-4-3-5-7-20)31(18-21-8-10-22(28)11-9-21)26(32)19-34-24-14-12-23(29)13-15-24/h3-15,25H,2,16-19H2,1H3,(H,30,33). The lowest BCUT2D eigenvalue weighted by Crippen LogP contribution is -2.51. The molecule has 0 aromatic heterocycles. The number of benzene rings is 3. The Labute approximate surface area is 223 Å². The number of rotatable bonds is 11. The molecule has 3 aromatic rings. The number of ether oxygens (including phenoxy) is 1. The van der Waals surface area contributed by atoms with Gasteiger partial charge in [0.2, 0.25) is 5.91 Å². The molecule has 1 atom stereocenters. The van der Waals surface area contributed by atoms with Gasteiger partial charge in [0.15, 0.2) is 6.61 Å². The highest BCUT2D eigenvalue weighted by atomic mass is 127. The van der Waals surface area contributed by atoms with Gasteiger partial charge in [-0.2, -0.15) is 0 Å². The number of carbonyl (C=O) groups is 2. The topological polar surface area (TPSA) is 58.6 Å². The number of nitrogens with one attached hydrogen (secondary N) is 1. The van der Waals surface area contributed by atoms with Gasteiger partial charge in [-0.25, -0.2) is 0 Å². The zero-order valence-corrected chi connectivity index (χ0v) is 22.8. The summed E-state index contributed by atoms with van der Waals surface area (Å²) in [4.78, 5) is 28.4. The zero-order chi connectivity index (χ0) is 24.3. The van der Waals surface area contributed by atoms with E-state index in [1.54, 1.807) is 4.90 Å². The lowest BCUT2D eigenvalue weighted by molar-refractivity contribution is -0.142. The predicted molar refractivity (Wildman–Crippen MR) is 147 cm³/mol. The number of amides is 2. The summed E-state index contributed by atoms with van der Waals surface area (Å²) >= 11 is 5.68. The average Bonchev–Trinajstić information content (AvgIpc) is 2.86. The van der Waals surface area contributed by atoms with Crippen LogP contribution in [0.2, 0.25) is 0 Å². The van der Waals surface area contributed by atoms with E-state index < -0.39 is 6.04 Å². The van der Waals surface area contributed by atoms with Gasteiger partial charge in [0.1, 0.15) is 11.8 Å². The Morgan fingerprint density at radius 2 is 1.65 bits per heavy atom. The van der Waals surface area contributed by atoms with Crippen LogP contribution in [0.5, 0.6) is 5.75 Å². The van der Waals surface area contributed by atoms with E-state index >= 15 is 0 Å². The summed E-state index contributed by atoms with van der Waals surface area (Å²) < 4.78 is 7.83. The molecule has 0 spiro atoms. The van der Waals surface area contributed by atoms with Crippen molar-refractivity contribution >= 4 is 50.3 Å². The number of hydrogen-bond donors (Lipinski definition) is 1. The van der Waals surface area contributed by atoms with Crippen LogP contribution >= 0.6 is 38.5 Å². The maximum atomic E-state index is 13.5. The van der Waals surface area contributed by atoms with Crippen molar-refractivity contribution < 1.29 is 14.3 Å². The molecule has 178 valence electrons. The highest BCUT2D eigenvalue weighted by molar-refractivity contribution is 14.1. The first kappa shape index (κ1) is 26.2. The number of hydrogen-bond acceptors (Lipinski definition) is 3. The molecule has 0 saturated heterocycles. The van der Waals surface area contributed by atoms with Crippen LogP contribution < -0.4 is 10.1 Å². The molecule has 0 saturated carbocycles. The molecule has 1 unspecified atom stereocenters. The van der Waals surface area contributed by atoms with Crippen LogP contribution in [0.25, 0.3) is 0 Å². The van der Waals surface area contributed by atoms with Crippen LogP contribution in [-0.2, 0) is 22.6 Å². The van der Waals surface area contributed by atoms with Crippen molar-refractivity contribution in [3.63, 3.8) is 0 Å². The minimum Gasteiger partial charge on any atom is -0.484 e. The first-order valence-electron chi connectivity index (χ1n) is 11.2. The smallest absolute Gasteiger partial charge is 0.261 e. The molecule has 0 bridgehead atoms. The van der Waals surface area contributed by atoms with Gasteiger partial charge in [-0.1, -0.05) is 65.3 Å². The molecule has 5 nitrogen and oxygen atoms in total. The summed E-state index contributed by atoms with van der Waals surface area (Å²) in [6.07, 6.45) is 1.24. The molecule has 0 radical (unpaired) electrons. The average molecular weight is 635 g/mol. The summed E-state index contributed by atoms with van der Waals surface area (Å²) in [5, 5.41) is 2.98. The van der Waals surface area contributed by atoms with E-state index in [-0.39, 0.29) is 18.4 Å². The third kappa shape index (κ3) is 8.13. The maximum absolute atomic E-state index is 13.5. The normalized spacial score (nSPS) is 11.5. The quantitative estimate of drug-likeness (QED) is 0.280. The third-order valence-electron chi connectivity index (χ3n) is 5.26. The first-order chi connectivity index (χ1) is 16.5. The highest BCUT2D eigenvalue weighted by Gasteiger charge is 2.30. The minimum atomic E-state index is -0.662. The Balaban J connectivity index is 1.87. The molecule has 1 N–H and O–H groups in total. The minimum absolute atomic E-state index is 0.149. The van der Waals surface area contributed by atoms with E-state index in [2.05, 4.69) is 43.8 Å². The summed E-state index contributed by atoms with van der Waals surface area (Å²) in [7, 11) is 0. The predicted octanol–water partition coefficient (Wildman–Crippen LogP) is 5.60. The second-order valence-electron chi connectivity index (χ2n) is 7.89. The van der Waals surface area contributed by atoms with Crippen LogP contribution in [0.1, 0.15) is 24.5 Å². The van der Waals surface area contributed by atoms with E-state index in [0.717, 1.165) is 25.6 Å². The Kier molecular flexibility index (Phi) is 10.4. The van der Waals surface area contributed by atoms with Crippen molar-refractivity contribution in [2.45, 2.75) is 32.4 Å². The summed E-state index contributed by atoms with van der Waals surface area (Å²) in [5.41, 5.74) is 1.93. The Hall–Kier alpha value is -2.39. The molecule has 0 aliphatic carbocycles. The molecule has 0 aliphatic rings. The molecule has 7 heteroatoms. The van der Waals surface area contributed by atoms with Gasteiger partial charge in [0.05, 0.1) is 0 Å². The van der Waals surface area contributed by atoms with Crippen LogP contribution in [0.3, 0.4) is 0 Å². The lowest BCUT2D eigenvalue weighted by Gasteiger charge is -2.31. The van der Waals surface area contributed by atoms with E-state index in [0.29, 0.717) is 25.3 Å². The van der Waals surface area contributed by atoms with Crippen molar-refractivity contribution in [3.8, 4) is 5.75 Å². The van der Waals surface area contributed by atoms with Crippen LogP contribution in [0.4, 0.5) is 0 Å². The fourth-order valence-electron chi connectivity index (χ4n) is 3.47. The highest BCUT2D eigenvalue weighted by Crippen LogP contribution is 2.18. The Morgan fingerprint density at radius 1 is 0.971 bits per heavy atom. The van der Waals surface area contributed by atoms with Gasteiger partial charge in [0.25, 0.3) is 5.91 Å². The van der Waals surface area contributed by atoms with Gasteiger partial charge in [-0.3, -0.25) is 9.59 Å². The molecule has 3 aromatic carbocycles. The second-order valence-corrected chi connectivity index (χ2v) is 10.0. The molecule has 34 heavy (non-hydrogen) atoms. The van der Waals surface area contributed by atoms with E-state index in [1.807, 2.05) is 85.8 Å². The molecule has 3 rings (SSSR count). The molecule has 0 fully saturated rings. The monoisotopic (exact) mass is 634 g/mol. The van der Waals surface area contributed by atoms with Crippen molar-refractivity contribution in [2.75, 3.05) is 13.2 Å². The maximum Gasteiger partial charge on any atom is 0.261 e. The zero-order valence-electron chi connectivity index (χ0n) is 19.0. The Bertz CT molecular complexity index is 1060. The van der Waals surface area contributed by atoms with Crippen LogP contribution in [0.15, 0.2) is 83.3 Å².